The van der Waals surface area contributed by atoms with Gasteiger partial charge in [-0.05, 0) is 18.2 Å². The lowest BCUT2D eigenvalue weighted by molar-refractivity contribution is 0.00480. The summed E-state index contributed by atoms with van der Waals surface area (Å²) in [5, 5.41) is 0. The maximum absolute atomic E-state index is 13.6. The monoisotopic (exact) mass is 309 g/mol. The van der Waals surface area contributed by atoms with Gasteiger partial charge in [0.2, 0.25) is 10.0 Å². The Morgan fingerprint density at radius 3 is 2.37 bits per heavy atom. The van der Waals surface area contributed by atoms with E-state index in [0.717, 1.165) is 24.5 Å². The Bertz CT molecular complexity index is 695. The second kappa shape index (κ2) is 4.82. The first-order valence-electron chi connectivity index (χ1n) is 5.30. The van der Waals surface area contributed by atoms with E-state index >= 15 is 0 Å². The number of ether oxygens (including phenoxy) is 1. The summed E-state index contributed by atoms with van der Waals surface area (Å²) < 4.78 is 67.2. The third kappa shape index (κ3) is 3.11. The standard InChI is InChI=1S/C10H12FNO5S2/c1-18(13,14)8-2-3-9(11)10(4-8)19(15,16)12-7-5-17-6-7/h2-4,7,12H,5-6H2,1H3. The molecule has 2 rings (SSSR count). The van der Waals surface area contributed by atoms with Gasteiger partial charge in [-0.3, -0.25) is 0 Å². The van der Waals surface area contributed by atoms with Crippen molar-refractivity contribution in [1.82, 2.24) is 4.72 Å². The molecule has 0 radical (unpaired) electrons. The van der Waals surface area contributed by atoms with Gasteiger partial charge in [-0.25, -0.2) is 25.9 Å². The Morgan fingerprint density at radius 1 is 1.26 bits per heavy atom. The van der Waals surface area contributed by atoms with E-state index in [9.17, 15) is 21.2 Å². The fraction of sp³-hybridized carbons (Fsp3) is 0.400. The van der Waals surface area contributed by atoms with E-state index < -0.39 is 36.6 Å². The molecular weight excluding hydrogens is 297 g/mol. The van der Waals surface area contributed by atoms with Crippen molar-refractivity contribution in [3.8, 4) is 0 Å². The molecule has 19 heavy (non-hydrogen) atoms. The van der Waals surface area contributed by atoms with Crippen LogP contribution in [-0.4, -0.2) is 42.3 Å². The van der Waals surface area contributed by atoms with Crippen LogP contribution in [0.15, 0.2) is 28.0 Å². The molecule has 9 heteroatoms. The van der Waals surface area contributed by atoms with Gasteiger partial charge in [-0.2, -0.15) is 0 Å². The van der Waals surface area contributed by atoms with Crippen LogP contribution in [0, 0.1) is 5.82 Å². The summed E-state index contributed by atoms with van der Waals surface area (Å²) in [6.07, 6.45) is 0.920. The van der Waals surface area contributed by atoms with Crippen molar-refractivity contribution < 1.29 is 26.0 Å². The summed E-state index contributed by atoms with van der Waals surface area (Å²) >= 11 is 0. The molecule has 1 aromatic rings. The van der Waals surface area contributed by atoms with Gasteiger partial charge in [0, 0.05) is 6.26 Å². The van der Waals surface area contributed by atoms with Gasteiger partial charge in [0.15, 0.2) is 9.84 Å². The highest BCUT2D eigenvalue weighted by atomic mass is 32.2. The highest BCUT2D eigenvalue weighted by molar-refractivity contribution is 7.91. The zero-order valence-corrected chi connectivity index (χ0v) is 11.6. The van der Waals surface area contributed by atoms with Crippen molar-refractivity contribution in [2.45, 2.75) is 15.8 Å². The normalized spacial score (nSPS) is 17.2. The van der Waals surface area contributed by atoms with E-state index in [2.05, 4.69) is 4.72 Å². The average Bonchev–Trinajstić information content (AvgIpc) is 2.22. The first-order chi connectivity index (χ1) is 8.70. The van der Waals surface area contributed by atoms with E-state index in [1.807, 2.05) is 0 Å². The summed E-state index contributed by atoms with van der Waals surface area (Å²) in [5.74, 6) is -1.000. The van der Waals surface area contributed by atoms with E-state index in [0.29, 0.717) is 0 Å². The summed E-state index contributed by atoms with van der Waals surface area (Å²) in [6, 6.07) is 2.25. The molecule has 0 saturated carbocycles. The van der Waals surface area contributed by atoms with Crippen molar-refractivity contribution >= 4 is 19.9 Å². The van der Waals surface area contributed by atoms with E-state index in [1.165, 1.54) is 0 Å². The third-order valence-electron chi connectivity index (χ3n) is 2.58. The first-order valence-corrected chi connectivity index (χ1v) is 8.67. The smallest absolute Gasteiger partial charge is 0.243 e. The van der Waals surface area contributed by atoms with Gasteiger partial charge in [0.05, 0.1) is 24.2 Å². The molecule has 1 heterocycles. The second-order valence-electron chi connectivity index (χ2n) is 4.22. The quantitative estimate of drug-likeness (QED) is 0.785. The number of benzene rings is 1. The lowest BCUT2D eigenvalue weighted by Crippen LogP contribution is -2.48. The molecule has 6 nitrogen and oxygen atoms in total. The number of halogens is 1. The number of hydrogen-bond acceptors (Lipinski definition) is 5. The van der Waals surface area contributed by atoms with Crippen LogP contribution in [0.3, 0.4) is 0 Å². The number of rotatable bonds is 4. The molecule has 0 atom stereocenters. The molecule has 1 fully saturated rings. The van der Waals surface area contributed by atoms with Gasteiger partial charge in [0.25, 0.3) is 0 Å². The predicted octanol–water partition coefficient (Wildman–Crippen LogP) is -0.0937. The molecule has 0 amide bonds. The van der Waals surface area contributed by atoms with Crippen LogP contribution in [-0.2, 0) is 24.6 Å². The summed E-state index contributed by atoms with van der Waals surface area (Å²) in [4.78, 5) is -0.929. The lowest BCUT2D eigenvalue weighted by atomic mass is 10.3. The van der Waals surface area contributed by atoms with Gasteiger partial charge in [-0.1, -0.05) is 0 Å². The SMILES string of the molecule is CS(=O)(=O)c1ccc(F)c(S(=O)(=O)NC2COC2)c1. The minimum Gasteiger partial charge on any atom is -0.378 e. The summed E-state index contributed by atoms with van der Waals surface area (Å²) in [6.45, 7) is 0.430. The van der Waals surface area contributed by atoms with Gasteiger partial charge >= 0.3 is 0 Å². The molecule has 1 aliphatic rings. The zero-order chi connectivity index (χ0) is 14.3. The molecule has 0 spiro atoms. The molecule has 0 bridgehead atoms. The molecule has 1 N–H and O–H groups in total. The van der Waals surface area contributed by atoms with Crippen molar-refractivity contribution in [3.63, 3.8) is 0 Å². The van der Waals surface area contributed by atoms with Crippen molar-refractivity contribution in [3.05, 3.63) is 24.0 Å². The van der Waals surface area contributed by atoms with Crippen molar-refractivity contribution in [2.75, 3.05) is 19.5 Å². The molecule has 1 aliphatic heterocycles. The number of hydrogen-bond donors (Lipinski definition) is 1. The van der Waals surface area contributed by atoms with Crippen LogP contribution in [0.25, 0.3) is 0 Å². The Kier molecular flexibility index (Phi) is 3.65. The molecule has 0 aliphatic carbocycles. The highest BCUT2D eigenvalue weighted by Crippen LogP contribution is 2.20. The summed E-state index contributed by atoms with van der Waals surface area (Å²) in [5.41, 5.74) is 0. The first kappa shape index (κ1) is 14.4. The number of nitrogens with one attached hydrogen (secondary N) is 1. The minimum atomic E-state index is -4.10. The molecule has 0 aromatic heterocycles. The van der Waals surface area contributed by atoms with Crippen LogP contribution in [0.1, 0.15) is 0 Å². The lowest BCUT2D eigenvalue weighted by Gasteiger charge is -2.26. The van der Waals surface area contributed by atoms with Crippen LogP contribution in [0.4, 0.5) is 4.39 Å². The molecule has 1 saturated heterocycles. The van der Waals surface area contributed by atoms with Crippen molar-refractivity contribution in [2.24, 2.45) is 0 Å². The van der Waals surface area contributed by atoms with Crippen molar-refractivity contribution in [1.29, 1.82) is 0 Å². The van der Waals surface area contributed by atoms with Crippen LogP contribution in [0.5, 0.6) is 0 Å². The van der Waals surface area contributed by atoms with Crippen LogP contribution in [0.2, 0.25) is 0 Å². The maximum atomic E-state index is 13.6. The molecule has 106 valence electrons. The Labute approximate surface area is 110 Å². The van der Waals surface area contributed by atoms with E-state index in [1.54, 1.807) is 0 Å². The summed E-state index contributed by atoms with van der Waals surface area (Å²) in [7, 11) is -7.71. The largest absolute Gasteiger partial charge is 0.378 e. The van der Waals surface area contributed by atoms with Gasteiger partial charge in [-0.15, -0.1) is 0 Å². The molecular formula is C10H12FNO5S2. The predicted molar refractivity (Wildman–Crippen MR) is 64.4 cm³/mol. The fourth-order valence-corrected chi connectivity index (χ4v) is 3.54. The topological polar surface area (TPSA) is 89.5 Å². The second-order valence-corrected chi connectivity index (χ2v) is 7.92. The minimum absolute atomic E-state index is 0.215. The zero-order valence-electron chi connectivity index (χ0n) is 9.96. The Hall–Kier alpha value is -1.03. The van der Waals surface area contributed by atoms with Crippen LogP contribution >= 0.6 is 0 Å². The Morgan fingerprint density at radius 2 is 1.89 bits per heavy atom. The van der Waals surface area contributed by atoms with E-state index in [4.69, 9.17) is 4.74 Å². The highest BCUT2D eigenvalue weighted by Gasteiger charge is 2.28. The molecule has 0 unspecified atom stereocenters. The maximum Gasteiger partial charge on any atom is 0.243 e. The molecule has 1 aromatic carbocycles. The van der Waals surface area contributed by atoms with Gasteiger partial charge in [0.1, 0.15) is 10.7 Å². The fourth-order valence-electron chi connectivity index (χ4n) is 1.51. The Balaban J connectivity index is 2.43. The number of sulfone groups is 1. The average molecular weight is 309 g/mol. The van der Waals surface area contributed by atoms with E-state index in [-0.39, 0.29) is 18.1 Å². The van der Waals surface area contributed by atoms with Crippen LogP contribution < -0.4 is 4.72 Å². The third-order valence-corrected chi connectivity index (χ3v) is 5.23. The van der Waals surface area contributed by atoms with Gasteiger partial charge < -0.3 is 4.74 Å². The number of sulfonamides is 1.